The molecule has 3 aliphatic rings. The van der Waals surface area contributed by atoms with Gasteiger partial charge in [0.15, 0.2) is 0 Å². The lowest BCUT2D eigenvalue weighted by Crippen LogP contribution is -2.63. The van der Waals surface area contributed by atoms with Gasteiger partial charge in [-0.05, 0) is 49.8 Å². The highest BCUT2D eigenvalue weighted by molar-refractivity contribution is 5.91. The van der Waals surface area contributed by atoms with Crippen LogP contribution in [-0.4, -0.2) is 23.0 Å². The molecule has 1 aromatic carbocycles. The molecule has 4 rings (SSSR count). The van der Waals surface area contributed by atoms with Gasteiger partial charge >= 0.3 is 6.03 Å². The molecule has 2 bridgehead atoms. The van der Waals surface area contributed by atoms with E-state index in [1.165, 1.54) is 0 Å². The van der Waals surface area contributed by atoms with Crippen LogP contribution in [0.25, 0.3) is 0 Å². The Morgan fingerprint density at radius 3 is 2.76 bits per heavy atom. The number of carbonyl (C=O) groups is 1. The van der Waals surface area contributed by atoms with Gasteiger partial charge in [-0.1, -0.05) is 13.0 Å². The van der Waals surface area contributed by atoms with Gasteiger partial charge in [0.05, 0.1) is 11.9 Å². The molecular formula is C18H22N6O. The van der Waals surface area contributed by atoms with Crippen LogP contribution in [0, 0.1) is 24.2 Å². The number of nitriles is 1. The second-order valence-corrected chi connectivity index (χ2v) is 7.22. The van der Waals surface area contributed by atoms with Crippen molar-refractivity contribution < 1.29 is 4.79 Å². The van der Waals surface area contributed by atoms with Gasteiger partial charge in [0.25, 0.3) is 0 Å². The lowest BCUT2D eigenvalue weighted by Gasteiger charge is -2.54. The number of fused-ring (bicyclic) bond motifs is 2. The maximum atomic E-state index is 12.6. The minimum atomic E-state index is -0.0104. The molecule has 3 heterocycles. The number of aryl methyl sites for hydroxylation is 1. The fourth-order valence-corrected chi connectivity index (χ4v) is 4.11. The van der Waals surface area contributed by atoms with Crippen LogP contribution in [0.15, 0.2) is 30.1 Å². The van der Waals surface area contributed by atoms with E-state index < -0.39 is 0 Å². The highest BCUT2D eigenvalue weighted by Gasteiger charge is 2.46. The number of hydrogen-bond donors (Lipinski definition) is 3. The molecule has 0 aliphatic carbocycles. The summed E-state index contributed by atoms with van der Waals surface area (Å²) in [5.41, 5.74) is 8.83. The van der Waals surface area contributed by atoms with Gasteiger partial charge in [-0.3, -0.25) is 10.4 Å². The Labute approximate surface area is 147 Å². The number of anilines is 2. The molecule has 1 aromatic rings. The number of benzene rings is 1. The lowest BCUT2D eigenvalue weighted by atomic mass is 9.74. The van der Waals surface area contributed by atoms with Crippen molar-refractivity contribution in [2.45, 2.75) is 45.2 Å². The molecule has 0 aromatic heterocycles. The van der Waals surface area contributed by atoms with Crippen molar-refractivity contribution >= 4 is 17.4 Å². The van der Waals surface area contributed by atoms with Crippen molar-refractivity contribution in [3.8, 4) is 6.07 Å². The average molecular weight is 338 g/mol. The average Bonchev–Trinajstić information content (AvgIpc) is 3.05. The Bertz CT molecular complexity index is 770. The van der Waals surface area contributed by atoms with Crippen molar-refractivity contribution in [3.05, 3.63) is 35.7 Å². The fourth-order valence-electron chi connectivity index (χ4n) is 4.11. The summed E-state index contributed by atoms with van der Waals surface area (Å²) in [6.45, 7) is 4.25. The molecular weight excluding hydrogens is 316 g/mol. The Kier molecular flexibility index (Phi) is 3.77. The number of amides is 2. The summed E-state index contributed by atoms with van der Waals surface area (Å²) >= 11 is 0. The van der Waals surface area contributed by atoms with Crippen molar-refractivity contribution in [2.24, 2.45) is 5.92 Å². The van der Waals surface area contributed by atoms with Crippen LogP contribution >= 0.6 is 0 Å². The Hall–Kier alpha value is -2.72. The van der Waals surface area contributed by atoms with Crippen LogP contribution in [0.2, 0.25) is 0 Å². The number of rotatable bonds is 2. The molecule has 0 spiro atoms. The van der Waals surface area contributed by atoms with E-state index in [4.69, 9.17) is 5.26 Å². The summed E-state index contributed by atoms with van der Waals surface area (Å²) in [4.78, 5) is 14.7. The third-order valence-electron chi connectivity index (χ3n) is 5.32. The Morgan fingerprint density at radius 1 is 1.32 bits per heavy atom. The monoisotopic (exact) mass is 338 g/mol. The first kappa shape index (κ1) is 15.8. The van der Waals surface area contributed by atoms with Crippen molar-refractivity contribution in [1.29, 1.82) is 5.26 Å². The largest absolute Gasteiger partial charge is 0.322 e. The van der Waals surface area contributed by atoms with Crippen LogP contribution in [-0.2, 0) is 0 Å². The summed E-state index contributed by atoms with van der Waals surface area (Å²) in [6.07, 6.45) is 5.04. The molecule has 2 atom stereocenters. The van der Waals surface area contributed by atoms with E-state index >= 15 is 0 Å². The number of urea groups is 1. The highest BCUT2D eigenvalue weighted by atomic mass is 16.2. The molecule has 130 valence electrons. The number of nitrogens with one attached hydrogen (secondary N) is 3. The van der Waals surface area contributed by atoms with Crippen LogP contribution in [0.5, 0.6) is 0 Å². The van der Waals surface area contributed by atoms with E-state index in [-0.39, 0.29) is 6.03 Å². The van der Waals surface area contributed by atoms with Gasteiger partial charge in [-0.2, -0.15) is 5.26 Å². The number of piperidine rings is 1. The van der Waals surface area contributed by atoms with Crippen LogP contribution in [0.4, 0.5) is 16.2 Å². The van der Waals surface area contributed by atoms with Gasteiger partial charge in [-0.25, -0.2) is 4.79 Å². The molecule has 25 heavy (non-hydrogen) atoms. The minimum absolute atomic E-state index is 0.0104. The molecule has 0 saturated carbocycles. The second kappa shape index (κ2) is 5.97. The Morgan fingerprint density at radius 2 is 2.08 bits per heavy atom. The van der Waals surface area contributed by atoms with Crippen LogP contribution in [0.1, 0.15) is 31.7 Å². The highest BCUT2D eigenvalue weighted by Crippen LogP contribution is 2.41. The molecule has 0 radical (unpaired) electrons. The predicted molar refractivity (Wildman–Crippen MR) is 95.1 cm³/mol. The number of carbonyl (C=O) groups excluding carboxylic acids is 1. The quantitative estimate of drug-likeness (QED) is 0.772. The van der Waals surface area contributed by atoms with E-state index in [1.54, 1.807) is 11.2 Å². The third kappa shape index (κ3) is 2.79. The first-order valence-corrected chi connectivity index (χ1v) is 8.68. The van der Waals surface area contributed by atoms with E-state index in [1.807, 2.05) is 30.0 Å². The van der Waals surface area contributed by atoms with Crippen molar-refractivity contribution in [3.63, 3.8) is 0 Å². The Balaban J connectivity index is 1.49. The molecule has 2 amide bonds. The molecule has 2 fully saturated rings. The zero-order valence-electron chi connectivity index (χ0n) is 14.4. The summed E-state index contributed by atoms with van der Waals surface area (Å²) in [5.74, 6) is 0.716. The van der Waals surface area contributed by atoms with Gasteiger partial charge in [0.1, 0.15) is 11.8 Å². The maximum Gasteiger partial charge on any atom is 0.322 e. The maximum absolute atomic E-state index is 12.6. The van der Waals surface area contributed by atoms with E-state index in [9.17, 15) is 4.79 Å². The fraction of sp³-hybridized carbons (Fsp3) is 0.444. The van der Waals surface area contributed by atoms with Gasteiger partial charge < -0.3 is 10.2 Å². The van der Waals surface area contributed by atoms with Gasteiger partial charge in [-0.15, -0.1) is 5.53 Å². The molecule has 2 saturated heterocycles. The first-order valence-electron chi connectivity index (χ1n) is 8.68. The normalized spacial score (nSPS) is 27.1. The third-order valence-corrected chi connectivity index (χ3v) is 5.32. The summed E-state index contributed by atoms with van der Waals surface area (Å²) in [7, 11) is 0. The standard InChI is InChI=1S/C18H22N6O/c1-11-5-15-8-16(6-11)24(15)18(25)20-13-4-3-12(2)17(7-13)23-10-14(9-19)21-22-23/h3-4,7,10-11,15-16,21-22H,5-6,8H2,1-2H3,(H,20,25). The molecule has 3 aliphatic heterocycles. The van der Waals surface area contributed by atoms with E-state index in [0.717, 1.165) is 36.2 Å². The van der Waals surface area contributed by atoms with Crippen LogP contribution in [0.3, 0.4) is 0 Å². The molecule has 7 heteroatoms. The lowest BCUT2D eigenvalue weighted by molar-refractivity contribution is -0.00600. The summed E-state index contributed by atoms with van der Waals surface area (Å²) in [6, 6.07) is 8.62. The predicted octanol–water partition coefficient (Wildman–Crippen LogP) is 2.59. The van der Waals surface area contributed by atoms with Crippen molar-refractivity contribution in [1.82, 2.24) is 15.9 Å². The van der Waals surface area contributed by atoms with Crippen LogP contribution < -0.4 is 21.3 Å². The zero-order chi connectivity index (χ0) is 17.6. The number of hydrogen-bond acceptors (Lipinski definition) is 5. The van der Waals surface area contributed by atoms with E-state index in [2.05, 4.69) is 29.3 Å². The molecule has 7 nitrogen and oxygen atoms in total. The summed E-state index contributed by atoms with van der Waals surface area (Å²) in [5, 5.41) is 13.7. The number of allylic oxidation sites excluding steroid dienone is 1. The molecule has 2 unspecified atom stereocenters. The van der Waals surface area contributed by atoms with Gasteiger partial charge in [0.2, 0.25) is 0 Å². The van der Waals surface area contributed by atoms with Crippen molar-refractivity contribution in [2.75, 3.05) is 10.3 Å². The summed E-state index contributed by atoms with van der Waals surface area (Å²) < 4.78 is 0. The minimum Gasteiger partial charge on any atom is -0.318 e. The first-order chi connectivity index (χ1) is 12.0. The SMILES string of the molecule is Cc1ccc(NC(=O)N2C3CC(C)CC2C3)cc1N1C=C(C#N)NN1. The number of nitrogens with zero attached hydrogens (tertiary/aromatic N) is 3. The topological polar surface area (TPSA) is 83.4 Å². The van der Waals surface area contributed by atoms with Gasteiger partial charge in [0, 0.05) is 17.8 Å². The molecule has 3 N–H and O–H groups in total. The smallest absolute Gasteiger partial charge is 0.318 e. The second-order valence-electron chi connectivity index (χ2n) is 7.22. The van der Waals surface area contributed by atoms with E-state index in [0.29, 0.717) is 23.7 Å². The number of hydrazine groups is 2. The zero-order valence-corrected chi connectivity index (χ0v) is 14.4.